The number of carbonyl (C=O) groups excluding carboxylic acids is 2. The largest absolute Gasteiger partial charge is 0.448 e. The van der Waals surface area contributed by atoms with E-state index in [1.807, 2.05) is 25.1 Å². The average molecular weight is 540 g/mol. The highest BCUT2D eigenvalue weighted by Gasteiger charge is 2.26. The number of fused-ring (bicyclic) bond motifs is 1. The van der Waals surface area contributed by atoms with E-state index in [1.165, 1.54) is 23.0 Å². The fourth-order valence-corrected chi connectivity index (χ4v) is 4.54. The smallest absolute Gasteiger partial charge is 0.407 e. The van der Waals surface area contributed by atoms with Gasteiger partial charge < -0.3 is 30.9 Å². The molecule has 3 heterocycles. The second-order valence-corrected chi connectivity index (χ2v) is 10.3. The summed E-state index contributed by atoms with van der Waals surface area (Å²) >= 11 is 0. The van der Waals surface area contributed by atoms with Crippen LogP contribution in [0.25, 0.3) is 5.65 Å². The van der Waals surface area contributed by atoms with E-state index in [9.17, 15) is 14.0 Å². The minimum absolute atomic E-state index is 0.0689. The van der Waals surface area contributed by atoms with Crippen molar-refractivity contribution in [1.82, 2.24) is 29.8 Å². The summed E-state index contributed by atoms with van der Waals surface area (Å²) < 4.78 is 20.3. The number of rotatable bonds is 10. The highest BCUT2D eigenvalue weighted by Crippen LogP contribution is 2.30. The van der Waals surface area contributed by atoms with Gasteiger partial charge in [-0.05, 0) is 58.7 Å². The first-order chi connectivity index (χ1) is 18.8. The molecule has 2 fully saturated rings. The van der Waals surface area contributed by atoms with Gasteiger partial charge in [-0.3, -0.25) is 4.79 Å². The van der Waals surface area contributed by atoms with Crippen LogP contribution in [0.4, 0.5) is 26.4 Å². The molecule has 3 aromatic heterocycles. The molecule has 0 radical (unpaired) electrons. The van der Waals surface area contributed by atoms with Gasteiger partial charge in [-0.2, -0.15) is 4.39 Å². The lowest BCUT2D eigenvalue weighted by atomic mass is 9.91. The van der Waals surface area contributed by atoms with Gasteiger partial charge in [0.25, 0.3) is 5.91 Å². The molecule has 208 valence electrons. The van der Waals surface area contributed by atoms with Gasteiger partial charge in [0, 0.05) is 48.7 Å². The number of pyridine rings is 1. The number of ether oxygens (including phenoxy) is 1. The van der Waals surface area contributed by atoms with Crippen LogP contribution in [0.2, 0.25) is 0 Å². The molecule has 0 aromatic carbocycles. The number of nitrogens with zero attached hydrogens (tertiary/aromatic N) is 5. The number of carbonyl (C=O) groups is 2. The molecule has 0 atom stereocenters. The number of alkyl carbamates (subject to hydrolysis) is 1. The quantitative estimate of drug-likeness (QED) is 0.286. The Morgan fingerprint density at radius 1 is 1.05 bits per heavy atom. The molecule has 3 aromatic rings. The SMILES string of the molecule is CN(C)CCOC(=O)N[C@H]1CC[C@H](Nc2cc(NC3CC3)c3ncc(C(=O)Nc4ccnc(F)c4)n3n2)CC1. The maximum Gasteiger partial charge on any atom is 0.407 e. The third kappa shape index (κ3) is 7.11. The van der Waals surface area contributed by atoms with Crippen molar-refractivity contribution in [3.8, 4) is 0 Å². The Morgan fingerprint density at radius 3 is 2.49 bits per heavy atom. The van der Waals surface area contributed by atoms with E-state index in [0.717, 1.165) is 50.3 Å². The van der Waals surface area contributed by atoms with Crippen LogP contribution in [0, 0.1) is 5.95 Å². The Balaban J connectivity index is 1.25. The molecule has 2 aliphatic rings. The van der Waals surface area contributed by atoms with E-state index in [4.69, 9.17) is 4.74 Å². The van der Waals surface area contributed by atoms with E-state index in [0.29, 0.717) is 36.3 Å². The molecule has 0 aliphatic heterocycles. The standard InChI is InChI=1S/C26H34FN9O3/c1-35(2)11-12-39-26(38)33-18-7-5-17(6-8-18)31-23-14-20(30-16-3-4-16)24-29-15-21(36(24)34-23)25(37)32-19-9-10-28-22(27)13-19/h9-10,13-18,30H,3-8,11-12H2,1-2H3,(H,31,34)(H,33,38)(H,28,32,37)/t17-,18-. The van der Waals surface area contributed by atoms with Gasteiger partial charge in [-0.15, -0.1) is 5.10 Å². The summed E-state index contributed by atoms with van der Waals surface area (Å²) in [6.45, 7) is 1.04. The predicted octanol–water partition coefficient (Wildman–Crippen LogP) is 3.10. The highest BCUT2D eigenvalue weighted by molar-refractivity contribution is 6.03. The maximum atomic E-state index is 13.5. The van der Waals surface area contributed by atoms with E-state index in [1.54, 1.807) is 0 Å². The second kappa shape index (κ2) is 11.8. The van der Waals surface area contributed by atoms with Crippen molar-refractivity contribution < 1.29 is 18.7 Å². The monoisotopic (exact) mass is 539 g/mol. The molecule has 13 heteroatoms. The molecule has 0 spiro atoms. The molecule has 0 unspecified atom stereocenters. The summed E-state index contributed by atoms with van der Waals surface area (Å²) in [5, 5.41) is 17.3. The first-order valence-corrected chi connectivity index (χ1v) is 13.3. The lowest BCUT2D eigenvalue weighted by molar-refractivity contribution is 0.102. The number of likely N-dealkylation sites (N-methyl/N-ethyl adjacent to an activating group) is 1. The van der Waals surface area contributed by atoms with Crippen molar-refractivity contribution in [3.05, 3.63) is 42.2 Å². The molecule has 39 heavy (non-hydrogen) atoms. The molecule has 0 bridgehead atoms. The lowest BCUT2D eigenvalue weighted by Gasteiger charge is -2.29. The zero-order valence-corrected chi connectivity index (χ0v) is 22.1. The van der Waals surface area contributed by atoms with Crippen LogP contribution in [-0.4, -0.2) is 81.9 Å². The number of imidazole rings is 1. The van der Waals surface area contributed by atoms with Crippen molar-refractivity contribution in [2.24, 2.45) is 0 Å². The lowest BCUT2D eigenvalue weighted by Crippen LogP contribution is -2.41. The minimum Gasteiger partial charge on any atom is -0.448 e. The van der Waals surface area contributed by atoms with Gasteiger partial charge in [0.05, 0.1) is 11.9 Å². The molecular formula is C26H34FN9O3. The Bertz CT molecular complexity index is 1320. The first-order valence-electron chi connectivity index (χ1n) is 13.3. The Labute approximate surface area is 225 Å². The number of anilines is 3. The van der Waals surface area contributed by atoms with Crippen molar-refractivity contribution in [2.75, 3.05) is 43.2 Å². The third-order valence-corrected chi connectivity index (χ3v) is 6.79. The van der Waals surface area contributed by atoms with Gasteiger partial charge in [0.15, 0.2) is 11.3 Å². The number of hydrogen-bond acceptors (Lipinski definition) is 9. The van der Waals surface area contributed by atoms with Crippen LogP contribution in [0.3, 0.4) is 0 Å². The number of amides is 2. The predicted molar refractivity (Wildman–Crippen MR) is 144 cm³/mol. The molecule has 2 saturated carbocycles. The first kappa shape index (κ1) is 26.6. The van der Waals surface area contributed by atoms with Gasteiger partial charge in [0.1, 0.15) is 12.4 Å². The van der Waals surface area contributed by atoms with Gasteiger partial charge in [-0.25, -0.2) is 19.3 Å². The molecule has 2 amide bonds. The number of halogens is 1. The fourth-order valence-electron chi connectivity index (χ4n) is 4.54. The van der Waals surface area contributed by atoms with Crippen LogP contribution < -0.4 is 21.3 Å². The zero-order valence-electron chi connectivity index (χ0n) is 22.1. The van der Waals surface area contributed by atoms with Gasteiger partial charge in [0.2, 0.25) is 5.95 Å². The molecule has 2 aliphatic carbocycles. The molecular weight excluding hydrogens is 505 g/mol. The maximum absolute atomic E-state index is 13.5. The van der Waals surface area contributed by atoms with Crippen LogP contribution in [-0.2, 0) is 4.74 Å². The van der Waals surface area contributed by atoms with E-state index in [2.05, 4.69) is 36.3 Å². The molecule has 0 saturated heterocycles. The zero-order chi connectivity index (χ0) is 27.4. The van der Waals surface area contributed by atoms with Crippen LogP contribution in [0.15, 0.2) is 30.6 Å². The summed E-state index contributed by atoms with van der Waals surface area (Å²) in [6.07, 6.45) is 7.85. The Morgan fingerprint density at radius 2 is 1.77 bits per heavy atom. The highest BCUT2D eigenvalue weighted by atomic mass is 19.1. The molecule has 5 rings (SSSR count). The summed E-state index contributed by atoms with van der Waals surface area (Å²) in [5.41, 5.74) is 1.85. The summed E-state index contributed by atoms with van der Waals surface area (Å²) in [5.74, 6) is -0.524. The van der Waals surface area contributed by atoms with Crippen molar-refractivity contribution in [1.29, 1.82) is 0 Å². The normalized spacial score (nSPS) is 19.1. The number of aromatic nitrogens is 4. The van der Waals surface area contributed by atoms with Crippen molar-refractivity contribution in [2.45, 2.75) is 56.7 Å². The van der Waals surface area contributed by atoms with Crippen molar-refractivity contribution in [3.63, 3.8) is 0 Å². The summed E-state index contributed by atoms with van der Waals surface area (Å²) in [7, 11) is 3.86. The second-order valence-electron chi connectivity index (χ2n) is 10.3. The van der Waals surface area contributed by atoms with Crippen LogP contribution >= 0.6 is 0 Å². The Kier molecular flexibility index (Phi) is 8.05. The van der Waals surface area contributed by atoms with Gasteiger partial charge in [-0.1, -0.05) is 0 Å². The van der Waals surface area contributed by atoms with Crippen LogP contribution in [0.1, 0.15) is 49.0 Å². The topological polar surface area (TPSA) is 138 Å². The van der Waals surface area contributed by atoms with E-state index < -0.39 is 11.9 Å². The molecule has 4 N–H and O–H groups in total. The molecule has 12 nitrogen and oxygen atoms in total. The third-order valence-electron chi connectivity index (χ3n) is 6.79. The summed E-state index contributed by atoms with van der Waals surface area (Å²) in [6, 6.07) is 5.19. The van der Waals surface area contributed by atoms with Crippen molar-refractivity contribution >= 4 is 34.8 Å². The number of nitrogens with one attached hydrogen (secondary N) is 4. The van der Waals surface area contributed by atoms with Crippen LogP contribution in [0.5, 0.6) is 0 Å². The minimum atomic E-state index is -0.683. The fraction of sp³-hybridized carbons (Fsp3) is 0.500. The van der Waals surface area contributed by atoms with E-state index in [-0.39, 0.29) is 23.9 Å². The summed E-state index contributed by atoms with van der Waals surface area (Å²) in [4.78, 5) is 35.0. The number of hydrogen-bond donors (Lipinski definition) is 4. The average Bonchev–Trinajstić information content (AvgIpc) is 3.60. The van der Waals surface area contributed by atoms with Gasteiger partial charge >= 0.3 is 6.09 Å². The van der Waals surface area contributed by atoms with E-state index >= 15 is 0 Å². The Hall–Kier alpha value is -4.00.